The van der Waals surface area contributed by atoms with Gasteiger partial charge in [-0.05, 0) is 43.3 Å². The largest absolute Gasteiger partial charge is 0.573 e. The van der Waals surface area contributed by atoms with Crippen molar-refractivity contribution in [3.8, 4) is 5.75 Å². The Bertz CT molecular complexity index is 710. The number of amides is 1. The van der Waals surface area contributed by atoms with Gasteiger partial charge in [-0.2, -0.15) is 0 Å². The minimum Gasteiger partial charge on any atom is -0.467 e. The molecular weight excluding hydrogens is 343 g/mol. The second-order valence-electron chi connectivity index (χ2n) is 4.92. The van der Waals surface area contributed by atoms with Crippen LogP contribution in [0.3, 0.4) is 0 Å². The molecule has 25 heavy (non-hydrogen) atoms. The van der Waals surface area contributed by atoms with Crippen molar-refractivity contribution in [1.82, 2.24) is 5.32 Å². The first-order chi connectivity index (χ1) is 11.7. The molecule has 0 saturated heterocycles. The second-order valence-corrected chi connectivity index (χ2v) is 4.92. The van der Waals surface area contributed by atoms with E-state index in [1.807, 2.05) is 0 Å². The van der Waals surface area contributed by atoms with Crippen LogP contribution in [0.1, 0.15) is 23.0 Å². The summed E-state index contributed by atoms with van der Waals surface area (Å²) in [5.41, 5.74) is -0.0137. The molecule has 1 atom stereocenters. The van der Waals surface area contributed by atoms with Crippen molar-refractivity contribution >= 4 is 11.9 Å². The maximum atomic E-state index is 12.1. The predicted molar refractivity (Wildman–Crippen MR) is 78.6 cm³/mol. The fourth-order valence-electron chi connectivity index (χ4n) is 1.81. The van der Waals surface area contributed by atoms with Crippen molar-refractivity contribution in [3.05, 3.63) is 54.0 Å². The van der Waals surface area contributed by atoms with E-state index >= 15 is 0 Å². The SMILES string of the molecule is CC(OC(=O)c1ccc(OC(F)(F)F)cc1)C(=O)NCc1ccco1. The summed E-state index contributed by atoms with van der Waals surface area (Å²) in [6.07, 6.45) is -4.45. The molecule has 1 N–H and O–H groups in total. The fourth-order valence-corrected chi connectivity index (χ4v) is 1.81. The summed E-state index contributed by atoms with van der Waals surface area (Å²) >= 11 is 0. The zero-order valence-electron chi connectivity index (χ0n) is 13.0. The summed E-state index contributed by atoms with van der Waals surface area (Å²) in [5.74, 6) is -1.32. The van der Waals surface area contributed by atoms with Gasteiger partial charge in [0.15, 0.2) is 6.10 Å². The number of ether oxygens (including phenoxy) is 2. The van der Waals surface area contributed by atoms with Crippen molar-refractivity contribution in [2.24, 2.45) is 0 Å². The van der Waals surface area contributed by atoms with Gasteiger partial charge in [-0.15, -0.1) is 13.2 Å². The van der Waals surface area contributed by atoms with Crippen molar-refractivity contribution in [3.63, 3.8) is 0 Å². The number of rotatable bonds is 6. The molecule has 0 spiro atoms. The minimum atomic E-state index is -4.82. The van der Waals surface area contributed by atoms with Crippen LogP contribution in [-0.2, 0) is 16.1 Å². The Morgan fingerprint density at radius 2 is 1.88 bits per heavy atom. The molecule has 0 bridgehead atoms. The molecular formula is C16H14F3NO5. The first-order valence-electron chi connectivity index (χ1n) is 7.11. The van der Waals surface area contributed by atoms with E-state index in [2.05, 4.69) is 10.1 Å². The average Bonchev–Trinajstić information content (AvgIpc) is 3.05. The van der Waals surface area contributed by atoms with E-state index in [0.29, 0.717) is 5.76 Å². The van der Waals surface area contributed by atoms with Crippen LogP contribution in [0, 0.1) is 0 Å². The number of furan rings is 1. The molecule has 1 aromatic carbocycles. The lowest BCUT2D eigenvalue weighted by molar-refractivity contribution is -0.274. The van der Waals surface area contributed by atoms with Gasteiger partial charge in [0.2, 0.25) is 0 Å². The van der Waals surface area contributed by atoms with Crippen LogP contribution >= 0.6 is 0 Å². The highest BCUT2D eigenvalue weighted by molar-refractivity contribution is 5.92. The van der Waals surface area contributed by atoms with E-state index in [1.54, 1.807) is 12.1 Å². The summed E-state index contributed by atoms with van der Waals surface area (Å²) in [5, 5.41) is 2.52. The molecule has 1 amide bonds. The summed E-state index contributed by atoms with van der Waals surface area (Å²) in [6.45, 7) is 1.51. The van der Waals surface area contributed by atoms with Gasteiger partial charge in [-0.1, -0.05) is 0 Å². The first-order valence-corrected chi connectivity index (χ1v) is 7.11. The third-order valence-corrected chi connectivity index (χ3v) is 2.99. The van der Waals surface area contributed by atoms with Crippen LogP contribution in [0.15, 0.2) is 47.1 Å². The Hall–Kier alpha value is -2.97. The van der Waals surface area contributed by atoms with Crippen molar-refractivity contribution in [2.45, 2.75) is 25.9 Å². The highest BCUT2D eigenvalue weighted by Gasteiger charge is 2.31. The van der Waals surface area contributed by atoms with Gasteiger partial charge in [0.1, 0.15) is 11.5 Å². The number of benzene rings is 1. The lowest BCUT2D eigenvalue weighted by atomic mass is 10.2. The maximum absolute atomic E-state index is 12.1. The number of carbonyl (C=O) groups is 2. The molecule has 0 fully saturated rings. The monoisotopic (exact) mass is 357 g/mol. The van der Waals surface area contributed by atoms with Crippen molar-refractivity contribution < 1.29 is 36.7 Å². The molecule has 134 valence electrons. The number of hydrogen-bond donors (Lipinski definition) is 1. The summed E-state index contributed by atoms with van der Waals surface area (Å²) < 4.78 is 49.9. The molecule has 0 aliphatic rings. The van der Waals surface area contributed by atoms with E-state index in [1.165, 1.54) is 13.2 Å². The average molecular weight is 357 g/mol. The molecule has 1 heterocycles. The lowest BCUT2D eigenvalue weighted by Crippen LogP contribution is -2.35. The van der Waals surface area contributed by atoms with E-state index < -0.39 is 30.1 Å². The minimum absolute atomic E-state index is 0.0137. The van der Waals surface area contributed by atoms with Crippen molar-refractivity contribution in [1.29, 1.82) is 0 Å². The van der Waals surface area contributed by atoms with E-state index in [4.69, 9.17) is 9.15 Å². The van der Waals surface area contributed by atoms with E-state index in [-0.39, 0.29) is 12.1 Å². The van der Waals surface area contributed by atoms with Gasteiger partial charge in [-0.25, -0.2) is 4.79 Å². The van der Waals surface area contributed by atoms with Crippen LogP contribution < -0.4 is 10.1 Å². The standard InChI is InChI=1S/C16H14F3NO5/c1-10(14(21)20-9-13-3-2-8-23-13)24-15(22)11-4-6-12(7-5-11)25-16(17,18)19/h2-8,10H,9H2,1H3,(H,20,21). The number of hydrogen-bond acceptors (Lipinski definition) is 5. The van der Waals surface area contributed by atoms with Gasteiger partial charge < -0.3 is 19.2 Å². The fraction of sp³-hybridized carbons (Fsp3) is 0.250. The van der Waals surface area contributed by atoms with Crippen molar-refractivity contribution in [2.75, 3.05) is 0 Å². The molecule has 2 aromatic rings. The second kappa shape index (κ2) is 7.73. The predicted octanol–water partition coefficient (Wildman–Crippen LogP) is 3.04. The lowest BCUT2D eigenvalue weighted by Gasteiger charge is -2.13. The highest BCUT2D eigenvalue weighted by atomic mass is 19.4. The summed E-state index contributed by atoms with van der Waals surface area (Å²) in [4.78, 5) is 23.7. The maximum Gasteiger partial charge on any atom is 0.573 e. The molecule has 2 rings (SSSR count). The molecule has 9 heteroatoms. The number of halogens is 3. The Morgan fingerprint density at radius 3 is 2.44 bits per heavy atom. The van der Waals surface area contributed by atoms with Gasteiger partial charge in [0.25, 0.3) is 5.91 Å². The Balaban J connectivity index is 1.86. The van der Waals surface area contributed by atoms with E-state index in [9.17, 15) is 22.8 Å². The first kappa shape index (κ1) is 18.4. The normalized spacial score (nSPS) is 12.3. The summed E-state index contributed by atoms with van der Waals surface area (Å²) in [7, 11) is 0. The third kappa shape index (κ3) is 5.87. The summed E-state index contributed by atoms with van der Waals surface area (Å²) in [6, 6.07) is 7.50. The molecule has 0 radical (unpaired) electrons. The van der Waals surface area contributed by atoms with Crippen LogP contribution in [0.2, 0.25) is 0 Å². The molecule has 0 aliphatic carbocycles. The number of carbonyl (C=O) groups excluding carboxylic acids is 2. The zero-order chi connectivity index (χ0) is 18.4. The van der Waals surface area contributed by atoms with Gasteiger partial charge in [0, 0.05) is 0 Å². The number of alkyl halides is 3. The van der Waals surface area contributed by atoms with Crippen LogP contribution in [0.4, 0.5) is 13.2 Å². The van der Waals surface area contributed by atoms with Gasteiger partial charge in [0.05, 0.1) is 18.4 Å². The smallest absolute Gasteiger partial charge is 0.467 e. The molecule has 0 saturated carbocycles. The zero-order valence-corrected chi connectivity index (χ0v) is 13.0. The van der Waals surface area contributed by atoms with E-state index in [0.717, 1.165) is 24.3 Å². The van der Waals surface area contributed by atoms with Crippen LogP contribution in [-0.4, -0.2) is 24.3 Å². The van der Waals surface area contributed by atoms with Gasteiger partial charge >= 0.3 is 12.3 Å². The Morgan fingerprint density at radius 1 is 1.20 bits per heavy atom. The number of nitrogens with one attached hydrogen (secondary N) is 1. The molecule has 1 aromatic heterocycles. The molecule has 6 nitrogen and oxygen atoms in total. The molecule has 0 aliphatic heterocycles. The Labute approximate surface area is 140 Å². The van der Waals surface area contributed by atoms with Gasteiger partial charge in [-0.3, -0.25) is 4.79 Å². The Kier molecular flexibility index (Phi) is 5.68. The number of esters is 1. The quantitative estimate of drug-likeness (QED) is 0.804. The third-order valence-electron chi connectivity index (χ3n) is 2.99. The topological polar surface area (TPSA) is 77.8 Å². The highest BCUT2D eigenvalue weighted by Crippen LogP contribution is 2.23. The van der Waals surface area contributed by atoms with Crippen LogP contribution in [0.25, 0.3) is 0 Å². The molecule has 1 unspecified atom stereocenters. The van der Waals surface area contributed by atoms with Crippen LogP contribution in [0.5, 0.6) is 5.75 Å².